The van der Waals surface area contributed by atoms with E-state index in [-0.39, 0.29) is 5.91 Å². The number of benzene rings is 1. The van der Waals surface area contributed by atoms with Gasteiger partial charge in [0.25, 0.3) is 0 Å². The summed E-state index contributed by atoms with van der Waals surface area (Å²) in [6, 6.07) is 2.79. The van der Waals surface area contributed by atoms with Crippen LogP contribution in [0, 0.1) is 6.92 Å². The predicted molar refractivity (Wildman–Crippen MR) is 75.8 cm³/mol. The van der Waals surface area contributed by atoms with E-state index in [2.05, 4.69) is 5.32 Å². The van der Waals surface area contributed by atoms with Crippen LogP contribution in [-0.4, -0.2) is 32.8 Å². The molecule has 19 heavy (non-hydrogen) atoms. The first-order chi connectivity index (χ1) is 8.99. The Morgan fingerprint density at radius 3 is 2.74 bits per heavy atom. The van der Waals surface area contributed by atoms with Gasteiger partial charge in [-0.05, 0) is 25.0 Å². The maximum absolute atomic E-state index is 11.9. The van der Waals surface area contributed by atoms with Crippen LogP contribution >= 0.6 is 11.6 Å². The molecule has 106 valence electrons. The quantitative estimate of drug-likeness (QED) is 0.838. The van der Waals surface area contributed by atoms with Crippen LogP contribution in [0.4, 0.5) is 5.69 Å². The van der Waals surface area contributed by atoms with E-state index in [4.69, 9.17) is 26.8 Å². The standard InChI is InChI=1S/C13H19ClN2O3/c1-8-6-11(12(19-3)7-9(8)14)16-13(17)10(15)4-5-18-2/h6-7,10H,4-5,15H2,1-3H3,(H,16,17). The van der Waals surface area contributed by atoms with Crippen LogP contribution in [0.3, 0.4) is 0 Å². The minimum absolute atomic E-state index is 0.280. The third-order valence-electron chi connectivity index (χ3n) is 2.71. The summed E-state index contributed by atoms with van der Waals surface area (Å²) in [5.74, 6) is 0.222. The predicted octanol–water partition coefficient (Wildman–Crippen LogP) is 1.96. The van der Waals surface area contributed by atoms with Crippen molar-refractivity contribution in [3.05, 3.63) is 22.7 Å². The Morgan fingerprint density at radius 2 is 2.16 bits per heavy atom. The summed E-state index contributed by atoms with van der Waals surface area (Å²) in [5.41, 5.74) is 7.16. The van der Waals surface area contributed by atoms with Crippen molar-refractivity contribution in [2.75, 3.05) is 26.1 Å². The molecular formula is C13H19ClN2O3. The van der Waals surface area contributed by atoms with Gasteiger partial charge in [0.2, 0.25) is 5.91 Å². The average molecular weight is 287 g/mol. The smallest absolute Gasteiger partial charge is 0.241 e. The second-order valence-electron chi connectivity index (χ2n) is 4.18. The van der Waals surface area contributed by atoms with Gasteiger partial charge in [-0.2, -0.15) is 0 Å². The third-order valence-corrected chi connectivity index (χ3v) is 3.12. The summed E-state index contributed by atoms with van der Waals surface area (Å²) >= 11 is 6.00. The van der Waals surface area contributed by atoms with E-state index in [1.807, 2.05) is 6.92 Å². The monoisotopic (exact) mass is 286 g/mol. The largest absolute Gasteiger partial charge is 0.495 e. The van der Waals surface area contributed by atoms with Crippen LogP contribution in [0.25, 0.3) is 0 Å². The van der Waals surface area contributed by atoms with Crippen molar-refractivity contribution < 1.29 is 14.3 Å². The molecule has 0 spiro atoms. The Bertz CT molecular complexity index is 452. The molecule has 1 atom stereocenters. The molecule has 1 amide bonds. The van der Waals surface area contributed by atoms with Crippen molar-refractivity contribution in [2.24, 2.45) is 5.73 Å². The number of aryl methyl sites for hydroxylation is 1. The molecule has 0 aliphatic carbocycles. The first-order valence-electron chi connectivity index (χ1n) is 5.89. The molecule has 0 aliphatic heterocycles. The van der Waals surface area contributed by atoms with Crippen LogP contribution in [0.5, 0.6) is 5.75 Å². The van der Waals surface area contributed by atoms with E-state index in [0.29, 0.717) is 29.5 Å². The molecule has 0 aliphatic rings. The molecule has 3 N–H and O–H groups in total. The fraction of sp³-hybridized carbons (Fsp3) is 0.462. The van der Waals surface area contributed by atoms with Crippen molar-refractivity contribution in [3.8, 4) is 5.75 Å². The molecule has 1 unspecified atom stereocenters. The zero-order chi connectivity index (χ0) is 14.4. The second kappa shape index (κ2) is 7.33. The summed E-state index contributed by atoms with van der Waals surface area (Å²) in [4.78, 5) is 11.9. The molecule has 0 bridgehead atoms. The van der Waals surface area contributed by atoms with Crippen molar-refractivity contribution in [2.45, 2.75) is 19.4 Å². The molecule has 0 radical (unpaired) electrons. The van der Waals surface area contributed by atoms with Crippen molar-refractivity contribution in [3.63, 3.8) is 0 Å². The Labute approximate surface area is 118 Å². The van der Waals surface area contributed by atoms with E-state index < -0.39 is 6.04 Å². The molecule has 1 aromatic carbocycles. The van der Waals surface area contributed by atoms with E-state index >= 15 is 0 Å². The van der Waals surface area contributed by atoms with Gasteiger partial charge in [0.1, 0.15) is 5.75 Å². The topological polar surface area (TPSA) is 73.6 Å². The number of nitrogens with one attached hydrogen (secondary N) is 1. The number of hydrogen-bond acceptors (Lipinski definition) is 4. The summed E-state index contributed by atoms with van der Waals surface area (Å²) in [7, 11) is 3.08. The first kappa shape index (κ1) is 15.8. The van der Waals surface area contributed by atoms with E-state index in [9.17, 15) is 4.79 Å². The van der Waals surface area contributed by atoms with Gasteiger partial charge < -0.3 is 20.5 Å². The molecule has 0 aromatic heterocycles. The zero-order valence-electron chi connectivity index (χ0n) is 11.3. The second-order valence-corrected chi connectivity index (χ2v) is 4.59. The minimum Gasteiger partial charge on any atom is -0.495 e. The molecular weight excluding hydrogens is 268 g/mol. The van der Waals surface area contributed by atoms with E-state index in [1.54, 1.807) is 19.2 Å². The lowest BCUT2D eigenvalue weighted by Crippen LogP contribution is -2.36. The van der Waals surface area contributed by atoms with Gasteiger partial charge in [0, 0.05) is 24.8 Å². The number of carbonyl (C=O) groups is 1. The third kappa shape index (κ3) is 4.38. The SMILES string of the molecule is COCCC(N)C(=O)Nc1cc(C)c(Cl)cc1OC. The van der Waals surface area contributed by atoms with Gasteiger partial charge >= 0.3 is 0 Å². The summed E-state index contributed by atoms with van der Waals surface area (Å²) in [6.07, 6.45) is 0.456. The average Bonchev–Trinajstić information content (AvgIpc) is 2.39. The molecule has 0 heterocycles. The van der Waals surface area contributed by atoms with Gasteiger partial charge in [0.05, 0.1) is 18.8 Å². The molecule has 0 saturated heterocycles. The van der Waals surface area contributed by atoms with Crippen molar-refractivity contribution >= 4 is 23.2 Å². The number of amides is 1. The lowest BCUT2D eigenvalue weighted by Gasteiger charge is -2.15. The van der Waals surface area contributed by atoms with Gasteiger partial charge in [0.15, 0.2) is 0 Å². The van der Waals surface area contributed by atoms with Crippen LogP contribution in [0.2, 0.25) is 5.02 Å². The summed E-state index contributed by atoms with van der Waals surface area (Å²) in [5, 5.41) is 3.32. The highest BCUT2D eigenvalue weighted by molar-refractivity contribution is 6.31. The molecule has 0 saturated carbocycles. The Morgan fingerprint density at radius 1 is 1.47 bits per heavy atom. The van der Waals surface area contributed by atoms with Crippen LogP contribution in [0.15, 0.2) is 12.1 Å². The number of anilines is 1. The fourth-order valence-corrected chi connectivity index (χ4v) is 1.68. The highest BCUT2D eigenvalue weighted by Crippen LogP contribution is 2.30. The summed E-state index contributed by atoms with van der Waals surface area (Å²) < 4.78 is 10.1. The fourth-order valence-electron chi connectivity index (χ4n) is 1.53. The number of methoxy groups -OCH3 is 2. The maximum Gasteiger partial charge on any atom is 0.241 e. The van der Waals surface area contributed by atoms with Crippen molar-refractivity contribution in [1.82, 2.24) is 0 Å². The Balaban J connectivity index is 2.81. The van der Waals surface area contributed by atoms with Gasteiger partial charge in [-0.1, -0.05) is 11.6 Å². The molecule has 6 heteroatoms. The molecule has 1 aromatic rings. The van der Waals surface area contributed by atoms with Gasteiger partial charge in [-0.15, -0.1) is 0 Å². The number of carbonyl (C=O) groups excluding carboxylic acids is 1. The number of ether oxygens (including phenoxy) is 2. The lowest BCUT2D eigenvalue weighted by atomic mass is 10.1. The first-order valence-corrected chi connectivity index (χ1v) is 6.27. The number of halogens is 1. The molecule has 0 fully saturated rings. The highest BCUT2D eigenvalue weighted by Gasteiger charge is 2.16. The Hall–Kier alpha value is -1.30. The normalized spacial score (nSPS) is 12.1. The molecule has 5 nitrogen and oxygen atoms in total. The van der Waals surface area contributed by atoms with Crippen LogP contribution in [0.1, 0.15) is 12.0 Å². The maximum atomic E-state index is 11.9. The summed E-state index contributed by atoms with van der Waals surface area (Å²) in [6.45, 7) is 2.29. The highest BCUT2D eigenvalue weighted by atomic mass is 35.5. The van der Waals surface area contributed by atoms with E-state index in [0.717, 1.165) is 5.56 Å². The minimum atomic E-state index is -0.624. The number of hydrogen-bond donors (Lipinski definition) is 2. The Kier molecular flexibility index (Phi) is 6.08. The number of nitrogens with two attached hydrogens (primary N) is 1. The van der Waals surface area contributed by atoms with Gasteiger partial charge in [-0.25, -0.2) is 0 Å². The van der Waals surface area contributed by atoms with E-state index in [1.165, 1.54) is 7.11 Å². The number of rotatable bonds is 6. The van der Waals surface area contributed by atoms with Crippen LogP contribution in [-0.2, 0) is 9.53 Å². The van der Waals surface area contributed by atoms with Crippen molar-refractivity contribution in [1.29, 1.82) is 0 Å². The lowest BCUT2D eigenvalue weighted by molar-refractivity contribution is -0.117. The molecule has 1 rings (SSSR count). The van der Waals surface area contributed by atoms with Crippen LogP contribution < -0.4 is 15.8 Å². The zero-order valence-corrected chi connectivity index (χ0v) is 12.1. The van der Waals surface area contributed by atoms with Gasteiger partial charge in [-0.3, -0.25) is 4.79 Å².